The predicted molar refractivity (Wildman–Crippen MR) is 128 cm³/mol. The van der Waals surface area contributed by atoms with E-state index in [4.69, 9.17) is 9.57 Å². The summed E-state index contributed by atoms with van der Waals surface area (Å²) in [6.45, 7) is 0. The van der Waals surface area contributed by atoms with Crippen LogP contribution < -0.4 is 9.64 Å². The van der Waals surface area contributed by atoms with Crippen LogP contribution in [0.1, 0.15) is 23.3 Å². The number of benzene rings is 3. The van der Waals surface area contributed by atoms with Crippen molar-refractivity contribution >= 4 is 28.9 Å². The monoisotopic (exact) mass is 486 g/mol. The molecule has 0 bridgehead atoms. The Kier molecular flexibility index (Phi) is 5.02. The average molecular weight is 486 g/mol. The van der Waals surface area contributed by atoms with E-state index in [2.05, 4.69) is 0 Å². The number of fused-ring (bicyclic) bond motifs is 5. The molecule has 0 radical (unpaired) electrons. The molecule has 4 atom stereocenters. The van der Waals surface area contributed by atoms with E-state index in [9.17, 15) is 19.7 Å². The molecule has 2 fully saturated rings. The van der Waals surface area contributed by atoms with E-state index in [1.165, 1.54) is 19.2 Å². The highest BCUT2D eigenvalue weighted by atomic mass is 16.7. The van der Waals surface area contributed by atoms with Gasteiger partial charge in [0.05, 0.1) is 24.0 Å². The minimum Gasteiger partial charge on any atom is -0.497 e. The number of nitro groups is 1. The number of amides is 2. The van der Waals surface area contributed by atoms with Crippen LogP contribution in [0.25, 0.3) is 0 Å². The van der Waals surface area contributed by atoms with Crippen molar-refractivity contribution in [3.05, 3.63) is 94.0 Å². The molecule has 0 saturated carbocycles. The van der Waals surface area contributed by atoms with Crippen LogP contribution in [0.2, 0.25) is 0 Å². The molecule has 2 amide bonds. The van der Waals surface area contributed by atoms with Crippen LogP contribution in [0.5, 0.6) is 5.75 Å². The van der Waals surface area contributed by atoms with Gasteiger partial charge in [0.2, 0.25) is 5.91 Å². The molecule has 36 heavy (non-hydrogen) atoms. The van der Waals surface area contributed by atoms with Gasteiger partial charge in [0.25, 0.3) is 11.6 Å². The quantitative estimate of drug-likeness (QED) is 0.312. The first-order valence-electron chi connectivity index (χ1n) is 11.4. The number of para-hydroxylation sites is 1. The Hall–Kier alpha value is -4.28. The summed E-state index contributed by atoms with van der Waals surface area (Å²) in [6, 6.07) is 21.0. The largest absolute Gasteiger partial charge is 0.497 e. The van der Waals surface area contributed by atoms with Crippen molar-refractivity contribution in [1.29, 1.82) is 0 Å². The summed E-state index contributed by atoms with van der Waals surface area (Å²) < 4.78 is 5.33. The van der Waals surface area contributed by atoms with Gasteiger partial charge in [-0.2, -0.15) is 5.06 Å². The zero-order valence-corrected chi connectivity index (χ0v) is 19.5. The van der Waals surface area contributed by atoms with Gasteiger partial charge < -0.3 is 9.64 Å². The molecule has 0 N–H and O–H groups in total. The fourth-order valence-electron chi connectivity index (χ4n) is 5.40. The third-order valence-electron chi connectivity index (χ3n) is 7.12. The molecule has 6 rings (SSSR count). The third-order valence-corrected chi connectivity index (χ3v) is 7.12. The van der Waals surface area contributed by atoms with E-state index in [0.717, 1.165) is 21.8 Å². The van der Waals surface area contributed by atoms with Gasteiger partial charge in [0.15, 0.2) is 6.10 Å². The molecule has 3 aliphatic heterocycles. The molecule has 3 aromatic carbocycles. The summed E-state index contributed by atoms with van der Waals surface area (Å²) in [6.07, 6.45) is -1.53. The van der Waals surface area contributed by atoms with Crippen molar-refractivity contribution in [3.63, 3.8) is 0 Å². The van der Waals surface area contributed by atoms with Crippen LogP contribution in [0.15, 0.2) is 72.8 Å². The lowest BCUT2D eigenvalue weighted by Gasteiger charge is -2.47. The number of hydroxylamine groups is 2. The Morgan fingerprint density at radius 2 is 1.64 bits per heavy atom. The van der Waals surface area contributed by atoms with Crippen LogP contribution in [0.4, 0.5) is 17.1 Å². The SMILES string of the molecule is COc1ccc(N2c3ccccc3[C@H]3[C@@H]4C(=O)N(C)C(=O)[C@@H]4ON3[C@@H]2c2ccc([N+](=O)[O-])cc2)cc1. The van der Waals surface area contributed by atoms with Gasteiger partial charge >= 0.3 is 0 Å². The topological polar surface area (TPSA) is 105 Å². The van der Waals surface area contributed by atoms with Crippen LogP contribution >= 0.6 is 0 Å². The number of imide groups is 1. The molecule has 2 saturated heterocycles. The van der Waals surface area contributed by atoms with Gasteiger partial charge in [-0.1, -0.05) is 18.2 Å². The number of non-ortho nitro benzene ring substituents is 1. The first-order chi connectivity index (χ1) is 17.4. The van der Waals surface area contributed by atoms with E-state index < -0.39 is 29.2 Å². The fraction of sp³-hybridized carbons (Fsp3) is 0.231. The molecule has 0 aromatic heterocycles. The normalized spacial score (nSPS) is 24.9. The van der Waals surface area contributed by atoms with E-state index in [1.54, 1.807) is 24.3 Å². The lowest BCUT2D eigenvalue weighted by atomic mass is 9.86. The van der Waals surface area contributed by atoms with Crippen molar-refractivity contribution in [3.8, 4) is 5.75 Å². The Labute approximate surface area is 206 Å². The molecule has 0 spiro atoms. The van der Waals surface area contributed by atoms with Gasteiger partial charge in [-0.15, -0.1) is 0 Å². The summed E-state index contributed by atoms with van der Waals surface area (Å²) in [5.74, 6) is -0.662. The van der Waals surface area contributed by atoms with E-state index >= 15 is 0 Å². The number of nitro benzene ring substituents is 1. The Morgan fingerprint density at radius 3 is 2.31 bits per heavy atom. The zero-order valence-electron chi connectivity index (χ0n) is 19.5. The molecule has 0 aliphatic carbocycles. The van der Waals surface area contributed by atoms with Crippen molar-refractivity contribution in [1.82, 2.24) is 9.96 Å². The molecule has 10 nitrogen and oxygen atoms in total. The van der Waals surface area contributed by atoms with E-state index in [-0.39, 0.29) is 17.5 Å². The molecule has 182 valence electrons. The number of carbonyl (C=O) groups is 2. The number of ether oxygens (including phenoxy) is 1. The molecule has 3 heterocycles. The van der Waals surface area contributed by atoms with Gasteiger partial charge in [0.1, 0.15) is 11.9 Å². The highest BCUT2D eigenvalue weighted by molar-refractivity contribution is 6.07. The number of anilines is 2. The number of hydrogen-bond acceptors (Lipinski definition) is 8. The Morgan fingerprint density at radius 1 is 0.944 bits per heavy atom. The van der Waals surface area contributed by atoms with Crippen LogP contribution in [-0.2, 0) is 14.4 Å². The highest BCUT2D eigenvalue weighted by Crippen LogP contribution is 2.56. The summed E-state index contributed by atoms with van der Waals surface area (Å²) >= 11 is 0. The number of rotatable bonds is 4. The maximum absolute atomic E-state index is 13.1. The number of likely N-dealkylation sites (tertiary alicyclic amines) is 1. The summed E-state index contributed by atoms with van der Waals surface area (Å²) in [5.41, 5.74) is 3.21. The molecule has 10 heteroatoms. The van der Waals surface area contributed by atoms with Gasteiger partial charge in [0, 0.05) is 30.6 Å². The van der Waals surface area contributed by atoms with Gasteiger partial charge in [-0.25, -0.2) is 0 Å². The van der Waals surface area contributed by atoms with Crippen LogP contribution in [0.3, 0.4) is 0 Å². The smallest absolute Gasteiger partial charge is 0.269 e. The lowest BCUT2D eigenvalue weighted by Crippen LogP contribution is -2.45. The second-order valence-electron chi connectivity index (χ2n) is 8.94. The Balaban J connectivity index is 1.56. The molecular formula is C26H22N4O6. The minimum atomic E-state index is -0.933. The average Bonchev–Trinajstić information content (AvgIpc) is 3.40. The van der Waals surface area contributed by atoms with Crippen molar-refractivity contribution in [2.24, 2.45) is 5.92 Å². The van der Waals surface area contributed by atoms with Crippen molar-refractivity contribution in [2.45, 2.75) is 18.3 Å². The number of hydrogen-bond donors (Lipinski definition) is 0. The predicted octanol–water partition coefficient (Wildman–Crippen LogP) is 3.73. The van der Waals surface area contributed by atoms with Crippen molar-refractivity contribution < 1.29 is 24.1 Å². The number of likely N-dealkylation sites (N-methyl/N-ethyl adjacent to an activating group) is 1. The molecular weight excluding hydrogens is 464 g/mol. The standard InChI is InChI=1S/C26H22N4O6/c1-27-25(31)21-22-19-5-3-4-6-20(19)28(16-11-13-18(35-2)14-12-16)24(29(22)36-23(21)26(27)32)15-7-9-17(10-8-15)30(33)34/h3-14,21-24H,1-2H3/t21-,22-,23+,24+/m0/s1. The maximum atomic E-state index is 13.1. The third kappa shape index (κ3) is 3.11. The number of methoxy groups -OCH3 is 1. The summed E-state index contributed by atoms with van der Waals surface area (Å²) in [4.78, 5) is 46.3. The van der Waals surface area contributed by atoms with Crippen LogP contribution in [-0.4, -0.2) is 47.0 Å². The van der Waals surface area contributed by atoms with Crippen LogP contribution in [0, 0.1) is 16.0 Å². The minimum absolute atomic E-state index is 0.0336. The second kappa shape index (κ2) is 8.14. The van der Waals surface area contributed by atoms with E-state index in [0.29, 0.717) is 11.3 Å². The maximum Gasteiger partial charge on any atom is 0.269 e. The number of nitrogens with zero attached hydrogens (tertiary/aromatic N) is 4. The molecule has 3 aromatic rings. The summed E-state index contributed by atoms with van der Waals surface area (Å²) in [5, 5.41) is 13.0. The zero-order chi connectivity index (χ0) is 25.1. The molecule has 0 unspecified atom stereocenters. The number of carbonyl (C=O) groups excluding carboxylic acids is 2. The van der Waals surface area contributed by atoms with Crippen molar-refractivity contribution in [2.75, 3.05) is 19.1 Å². The van der Waals surface area contributed by atoms with Gasteiger partial charge in [-0.05, 0) is 53.6 Å². The highest BCUT2D eigenvalue weighted by Gasteiger charge is 2.62. The lowest BCUT2D eigenvalue weighted by molar-refractivity contribution is -0.384. The summed E-state index contributed by atoms with van der Waals surface area (Å²) in [7, 11) is 3.07. The van der Waals surface area contributed by atoms with E-state index in [1.807, 2.05) is 53.4 Å². The first kappa shape index (κ1) is 22.2. The van der Waals surface area contributed by atoms with Gasteiger partial charge in [-0.3, -0.25) is 29.4 Å². The first-order valence-corrected chi connectivity index (χ1v) is 11.4. The fourth-order valence-corrected chi connectivity index (χ4v) is 5.40. The molecule has 3 aliphatic rings. The Bertz CT molecular complexity index is 1380. The second-order valence-corrected chi connectivity index (χ2v) is 8.94.